The summed E-state index contributed by atoms with van der Waals surface area (Å²) in [5.74, 6) is -1.00. The minimum atomic E-state index is -3.82. The molecule has 4 rings (SSSR count). The highest BCUT2D eigenvalue weighted by Gasteiger charge is 2.34. The quantitative estimate of drug-likeness (QED) is 0.603. The Bertz CT molecular complexity index is 1260. The molecule has 1 fully saturated rings. The summed E-state index contributed by atoms with van der Waals surface area (Å²) in [7, 11) is -0.508. The fraction of sp³-hybridized carbons (Fsp3) is 0.364. The molecule has 0 N–H and O–H groups in total. The van der Waals surface area contributed by atoms with E-state index in [1.807, 2.05) is 30.3 Å². The van der Waals surface area contributed by atoms with E-state index >= 15 is 0 Å². The van der Waals surface area contributed by atoms with Crippen LogP contribution in [0, 0.1) is 5.92 Å². The summed E-state index contributed by atoms with van der Waals surface area (Å²) >= 11 is 0. The van der Waals surface area contributed by atoms with Crippen LogP contribution in [0.25, 0.3) is 11.1 Å². The minimum absolute atomic E-state index is 0.0556. The van der Waals surface area contributed by atoms with Crippen LogP contribution in [-0.2, 0) is 28.4 Å². The van der Waals surface area contributed by atoms with Crippen molar-refractivity contribution in [1.82, 2.24) is 13.8 Å². The lowest BCUT2D eigenvalue weighted by Crippen LogP contribution is -2.45. The lowest BCUT2D eigenvalue weighted by Gasteiger charge is -2.33. The Labute approximate surface area is 180 Å². The van der Waals surface area contributed by atoms with Crippen molar-refractivity contribution in [3.05, 3.63) is 64.6 Å². The molecule has 1 atom stereocenters. The smallest absolute Gasteiger partial charge is 0.408 e. The van der Waals surface area contributed by atoms with Crippen LogP contribution in [0.5, 0.6) is 0 Å². The van der Waals surface area contributed by atoms with Crippen LogP contribution in [0.1, 0.15) is 18.4 Å². The number of hydrogen-bond donors (Lipinski definition) is 0. The van der Waals surface area contributed by atoms with Gasteiger partial charge < -0.3 is 9.32 Å². The number of piperidine rings is 1. The zero-order chi connectivity index (χ0) is 22.2. The van der Waals surface area contributed by atoms with Gasteiger partial charge in [-0.1, -0.05) is 30.3 Å². The average Bonchev–Trinajstić information content (AvgIpc) is 3.07. The fourth-order valence-corrected chi connectivity index (χ4v) is 5.57. The number of rotatable bonds is 5. The third-order valence-corrected chi connectivity index (χ3v) is 7.63. The maximum absolute atomic E-state index is 13.2. The van der Waals surface area contributed by atoms with Crippen molar-refractivity contribution < 1.29 is 17.6 Å². The molecule has 3 aromatic rings. The van der Waals surface area contributed by atoms with E-state index in [0.29, 0.717) is 31.4 Å². The molecular weight excluding hydrogens is 418 g/mol. The molecule has 1 aliphatic heterocycles. The van der Waals surface area contributed by atoms with Crippen molar-refractivity contribution in [1.29, 1.82) is 0 Å². The van der Waals surface area contributed by atoms with Crippen molar-refractivity contribution in [2.75, 3.05) is 20.1 Å². The zero-order valence-electron chi connectivity index (χ0n) is 17.5. The second kappa shape index (κ2) is 8.32. The summed E-state index contributed by atoms with van der Waals surface area (Å²) in [4.78, 5) is 26.4. The molecule has 0 bridgehead atoms. The lowest BCUT2D eigenvalue weighted by atomic mass is 9.98. The van der Waals surface area contributed by atoms with Gasteiger partial charge in [0.05, 0.1) is 16.3 Å². The van der Waals surface area contributed by atoms with E-state index in [1.165, 1.54) is 21.0 Å². The van der Waals surface area contributed by atoms with Crippen LogP contribution in [0.2, 0.25) is 0 Å². The highest BCUT2D eigenvalue weighted by atomic mass is 32.2. The first-order valence-electron chi connectivity index (χ1n) is 10.2. The Morgan fingerprint density at radius 3 is 2.68 bits per heavy atom. The van der Waals surface area contributed by atoms with Gasteiger partial charge in [-0.05, 0) is 30.5 Å². The maximum atomic E-state index is 13.2. The van der Waals surface area contributed by atoms with Crippen LogP contribution in [0.15, 0.2) is 62.6 Å². The fourth-order valence-electron chi connectivity index (χ4n) is 4.03. The van der Waals surface area contributed by atoms with Gasteiger partial charge in [0.2, 0.25) is 15.9 Å². The third-order valence-electron chi connectivity index (χ3n) is 5.77. The number of amides is 1. The summed E-state index contributed by atoms with van der Waals surface area (Å²) in [5.41, 5.74) is 1.77. The Kier molecular flexibility index (Phi) is 5.72. The summed E-state index contributed by atoms with van der Waals surface area (Å²) in [6, 6.07) is 14.1. The molecule has 1 saturated heterocycles. The molecule has 0 radical (unpaired) electrons. The van der Waals surface area contributed by atoms with Crippen LogP contribution in [0.3, 0.4) is 0 Å². The van der Waals surface area contributed by atoms with E-state index in [9.17, 15) is 18.0 Å². The Hall–Kier alpha value is -2.91. The number of hydrogen-bond acceptors (Lipinski definition) is 5. The second-order valence-electron chi connectivity index (χ2n) is 7.94. The normalized spacial score (nSPS) is 17.7. The van der Waals surface area contributed by atoms with E-state index in [-0.39, 0.29) is 22.9 Å². The molecule has 0 unspecified atom stereocenters. The first kappa shape index (κ1) is 21.3. The Morgan fingerprint density at radius 2 is 1.94 bits per heavy atom. The molecular formula is C22H25N3O5S. The third kappa shape index (κ3) is 4.15. The highest BCUT2D eigenvalue weighted by molar-refractivity contribution is 7.89. The van der Waals surface area contributed by atoms with E-state index in [0.717, 1.165) is 5.56 Å². The number of aryl methyl sites for hydroxylation is 1. The van der Waals surface area contributed by atoms with Gasteiger partial charge in [-0.25, -0.2) is 13.2 Å². The molecule has 8 nitrogen and oxygen atoms in total. The van der Waals surface area contributed by atoms with Gasteiger partial charge in [-0.15, -0.1) is 0 Å². The molecule has 0 aliphatic carbocycles. The van der Waals surface area contributed by atoms with Gasteiger partial charge in [0.1, 0.15) is 0 Å². The summed E-state index contributed by atoms with van der Waals surface area (Å²) in [5, 5.41) is 0. The van der Waals surface area contributed by atoms with Gasteiger partial charge in [0, 0.05) is 39.8 Å². The Balaban J connectivity index is 1.52. The predicted octanol–water partition coefficient (Wildman–Crippen LogP) is 2.19. The molecule has 1 aromatic heterocycles. The van der Waals surface area contributed by atoms with Crippen LogP contribution < -0.4 is 5.76 Å². The number of oxazole rings is 1. The number of fused-ring (bicyclic) bond motifs is 1. The van der Waals surface area contributed by atoms with Crippen LogP contribution in [-0.4, -0.2) is 48.2 Å². The molecule has 0 saturated carbocycles. The topological polar surface area (TPSA) is 92.8 Å². The molecule has 2 heterocycles. The van der Waals surface area contributed by atoms with Crippen molar-refractivity contribution in [3.8, 4) is 0 Å². The molecule has 31 heavy (non-hydrogen) atoms. The first-order valence-corrected chi connectivity index (χ1v) is 11.6. The predicted molar refractivity (Wildman–Crippen MR) is 116 cm³/mol. The number of nitrogens with zero attached hydrogens (tertiary/aromatic N) is 3. The number of aromatic nitrogens is 1. The van der Waals surface area contributed by atoms with Crippen LogP contribution in [0.4, 0.5) is 0 Å². The maximum Gasteiger partial charge on any atom is 0.419 e. The minimum Gasteiger partial charge on any atom is -0.408 e. The molecule has 0 spiro atoms. The van der Waals surface area contributed by atoms with E-state index in [1.54, 1.807) is 25.1 Å². The van der Waals surface area contributed by atoms with Crippen molar-refractivity contribution in [2.24, 2.45) is 13.0 Å². The largest absolute Gasteiger partial charge is 0.419 e. The van der Waals surface area contributed by atoms with Crippen LogP contribution >= 0.6 is 0 Å². The number of sulfonamides is 1. The van der Waals surface area contributed by atoms with Gasteiger partial charge >= 0.3 is 5.76 Å². The molecule has 1 aliphatic rings. The van der Waals surface area contributed by atoms with E-state index in [2.05, 4.69) is 0 Å². The van der Waals surface area contributed by atoms with E-state index in [4.69, 9.17) is 4.42 Å². The first-order chi connectivity index (χ1) is 14.8. The number of carbonyl (C=O) groups is 1. The van der Waals surface area contributed by atoms with Gasteiger partial charge in [-0.3, -0.25) is 9.36 Å². The highest BCUT2D eigenvalue weighted by Crippen LogP contribution is 2.27. The van der Waals surface area contributed by atoms with Crippen molar-refractivity contribution in [2.45, 2.75) is 24.3 Å². The number of carbonyl (C=O) groups excluding carboxylic acids is 1. The molecule has 1 amide bonds. The second-order valence-corrected chi connectivity index (χ2v) is 9.88. The average molecular weight is 444 g/mol. The standard InChI is InChI=1S/C22H25N3O5S/c1-23(14-16-7-4-3-5-8-16)21(26)17-9-6-12-25(15-17)31(28,29)18-10-11-19-20(13-18)30-22(27)24(19)2/h3-5,7-8,10-11,13,17H,6,9,12,14-15H2,1-2H3/t17-/m0/s1. The molecule has 2 aromatic carbocycles. The summed E-state index contributed by atoms with van der Waals surface area (Å²) in [6.45, 7) is 0.967. The van der Waals surface area contributed by atoms with Gasteiger partial charge in [0.25, 0.3) is 0 Å². The lowest BCUT2D eigenvalue weighted by molar-refractivity contribution is -0.135. The van der Waals surface area contributed by atoms with Crippen molar-refractivity contribution in [3.63, 3.8) is 0 Å². The summed E-state index contributed by atoms with van der Waals surface area (Å²) in [6.07, 6.45) is 1.26. The van der Waals surface area contributed by atoms with Crippen molar-refractivity contribution >= 4 is 27.0 Å². The molecule has 9 heteroatoms. The summed E-state index contributed by atoms with van der Waals surface area (Å²) < 4.78 is 34.3. The van der Waals surface area contributed by atoms with E-state index < -0.39 is 21.7 Å². The monoisotopic (exact) mass is 443 g/mol. The SMILES string of the molecule is CN(Cc1ccccc1)C(=O)[C@H]1CCCN(S(=O)(=O)c2ccc3c(c2)oc(=O)n3C)C1. The number of benzene rings is 2. The van der Waals surface area contributed by atoms with Gasteiger partial charge in [-0.2, -0.15) is 4.31 Å². The zero-order valence-corrected chi connectivity index (χ0v) is 18.3. The Morgan fingerprint density at radius 1 is 1.19 bits per heavy atom. The van der Waals surface area contributed by atoms with Gasteiger partial charge in [0.15, 0.2) is 5.58 Å². The molecule has 164 valence electrons.